The first-order valence-corrected chi connectivity index (χ1v) is 11.3. The van der Waals surface area contributed by atoms with Crippen LogP contribution in [0.2, 0.25) is 0 Å². The molecule has 0 amide bonds. The van der Waals surface area contributed by atoms with E-state index in [2.05, 4.69) is 20.9 Å². The predicted octanol–water partition coefficient (Wildman–Crippen LogP) is 6.10. The van der Waals surface area contributed by atoms with Gasteiger partial charge in [0, 0.05) is 11.4 Å². The number of aromatic nitrogens is 3. The zero-order valence-electron chi connectivity index (χ0n) is 18.5. The van der Waals surface area contributed by atoms with Crippen molar-refractivity contribution in [3.63, 3.8) is 0 Å². The highest BCUT2D eigenvalue weighted by atomic mass is 35.5. The average molecular weight is 511 g/mol. The molecule has 3 aromatic carbocycles. The molecule has 1 aromatic heterocycles. The minimum absolute atomic E-state index is 0.0362. The van der Waals surface area contributed by atoms with Gasteiger partial charge in [0.1, 0.15) is 16.4 Å². The van der Waals surface area contributed by atoms with Crippen molar-refractivity contribution < 1.29 is 9.66 Å². The lowest BCUT2D eigenvalue weighted by Crippen LogP contribution is -2.17. The van der Waals surface area contributed by atoms with Crippen LogP contribution in [0.25, 0.3) is 16.9 Å². The predicted molar refractivity (Wildman–Crippen MR) is 138 cm³/mol. The van der Waals surface area contributed by atoms with Crippen LogP contribution in [0.5, 0.6) is 5.75 Å². The first kappa shape index (κ1) is 24.1. The first-order valence-electron chi connectivity index (χ1n) is 10.5. The Bertz CT molecular complexity index is 1400. The van der Waals surface area contributed by atoms with E-state index in [0.717, 1.165) is 0 Å². The molecule has 0 bridgehead atoms. The van der Waals surface area contributed by atoms with Crippen molar-refractivity contribution in [1.29, 1.82) is 0 Å². The second kappa shape index (κ2) is 10.9. The number of nitro groups is 1. The summed E-state index contributed by atoms with van der Waals surface area (Å²) in [7, 11) is 0. The summed E-state index contributed by atoms with van der Waals surface area (Å²) in [5, 5.41) is 26.1. The smallest absolute Gasteiger partial charge is 0.333 e. The van der Waals surface area contributed by atoms with Crippen LogP contribution in [0, 0.1) is 10.1 Å². The van der Waals surface area contributed by atoms with E-state index in [4.69, 9.17) is 27.9 Å². The zero-order valence-corrected chi connectivity index (χ0v) is 20.0. The van der Waals surface area contributed by atoms with E-state index in [1.54, 1.807) is 72.8 Å². The summed E-state index contributed by atoms with van der Waals surface area (Å²) in [5.74, 6) is 0.628. The van der Waals surface area contributed by atoms with E-state index in [-0.39, 0.29) is 16.0 Å². The topological polar surface area (TPSA) is 107 Å². The van der Waals surface area contributed by atoms with E-state index in [9.17, 15) is 10.1 Å². The van der Waals surface area contributed by atoms with Crippen LogP contribution in [0.1, 0.15) is 6.92 Å². The van der Waals surface area contributed by atoms with Crippen molar-refractivity contribution in [3.8, 4) is 5.75 Å². The Morgan fingerprint density at radius 3 is 2.31 bits per heavy atom. The second-order valence-corrected chi connectivity index (χ2v) is 7.90. The van der Waals surface area contributed by atoms with Gasteiger partial charge < -0.3 is 15.4 Å². The zero-order chi connectivity index (χ0) is 24.8. The summed E-state index contributed by atoms with van der Waals surface area (Å²) in [5.41, 5.74) is 1.75. The lowest BCUT2D eigenvalue weighted by molar-refractivity contribution is -0.419. The number of benzene rings is 3. The van der Waals surface area contributed by atoms with Gasteiger partial charge >= 0.3 is 5.70 Å². The SMILES string of the molecule is CCOc1ccc(NC(=C(C(Cl)=C(Cl)Nc2ccccc2)[N+](=O)[O-])n2nnc3ccccc32)cc1. The minimum atomic E-state index is -0.620. The fourth-order valence-electron chi connectivity index (χ4n) is 3.26. The molecule has 0 fully saturated rings. The number of hydrogen-bond donors (Lipinski definition) is 2. The van der Waals surface area contributed by atoms with E-state index in [1.807, 2.05) is 13.0 Å². The number of hydrogen-bond acceptors (Lipinski definition) is 7. The van der Waals surface area contributed by atoms with Gasteiger partial charge in [-0.3, -0.25) is 10.1 Å². The second-order valence-electron chi connectivity index (χ2n) is 7.15. The van der Waals surface area contributed by atoms with Crippen molar-refractivity contribution in [3.05, 3.63) is 105 Å². The number of nitrogens with one attached hydrogen (secondary N) is 2. The molecule has 9 nitrogen and oxygen atoms in total. The number of rotatable bonds is 9. The molecule has 0 atom stereocenters. The summed E-state index contributed by atoms with van der Waals surface area (Å²) < 4.78 is 6.80. The highest BCUT2D eigenvalue weighted by Gasteiger charge is 2.29. The summed E-state index contributed by atoms with van der Waals surface area (Å²) in [4.78, 5) is 11.7. The molecule has 0 aliphatic heterocycles. The Morgan fingerprint density at radius 2 is 1.63 bits per heavy atom. The largest absolute Gasteiger partial charge is 0.494 e. The molecular weight excluding hydrogens is 491 g/mol. The van der Waals surface area contributed by atoms with Crippen molar-refractivity contribution in [2.75, 3.05) is 17.2 Å². The van der Waals surface area contributed by atoms with Gasteiger partial charge in [0.05, 0.1) is 17.0 Å². The summed E-state index contributed by atoms with van der Waals surface area (Å²) in [6, 6.07) is 23.0. The standard InChI is InChI=1S/C24H20Cl2N6O3/c1-2-35-18-14-12-17(13-15-18)28-24(31-20-11-7-6-10-19(20)29-30-31)22(32(33)34)21(25)23(26)27-16-8-4-3-5-9-16/h3-15,27-28H,2H2,1H3. The normalized spacial score (nSPS) is 12.5. The Morgan fingerprint density at radius 1 is 0.971 bits per heavy atom. The minimum Gasteiger partial charge on any atom is -0.494 e. The maximum atomic E-state index is 12.3. The molecule has 1 heterocycles. The van der Waals surface area contributed by atoms with Crippen molar-refractivity contribution >= 4 is 51.4 Å². The molecule has 0 unspecified atom stereocenters. The number of allylic oxidation sites excluding steroid dienone is 1. The van der Waals surface area contributed by atoms with E-state index < -0.39 is 10.6 Å². The molecule has 0 radical (unpaired) electrons. The van der Waals surface area contributed by atoms with Crippen molar-refractivity contribution in [2.45, 2.75) is 6.92 Å². The molecular formula is C24H20Cl2N6O3. The molecule has 4 aromatic rings. The molecule has 0 saturated carbocycles. The number of para-hydroxylation sites is 2. The maximum Gasteiger partial charge on any atom is 0.333 e. The first-order chi connectivity index (χ1) is 17.0. The molecule has 35 heavy (non-hydrogen) atoms. The van der Waals surface area contributed by atoms with Crippen LogP contribution >= 0.6 is 23.2 Å². The van der Waals surface area contributed by atoms with Crippen LogP contribution in [-0.2, 0) is 0 Å². The highest BCUT2D eigenvalue weighted by molar-refractivity contribution is 6.41. The quantitative estimate of drug-likeness (QED) is 0.121. The molecule has 0 saturated heterocycles. The third kappa shape index (κ3) is 5.53. The van der Waals surface area contributed by atoms with Gasteiger partial charge in [-0.2, -0.15) is 4.68 Å². The van der Waals surface area contributed by atoms with Crippen LogP contribution in [-0.4, -0.2) is 26.5 Å². The Hall–Kier alpha value is -4.08. The summed E-state index contributed by atoms with van der Waals surface area (Å²) in [6.07, 6.45) is 0. The van der Waals surface area contributed by atoms with Crippen LogP contribution < -0.4 is 15.4 Å². The van der Waals surface area contributed by atoms with Crippen LogP contribution in [0.3, 0.4) is 0 Å². The number of ether oxygens (including phenoxy) is 1. The van der Waals surface area contributed by atoms with E-state index in [0.29, 0.717) is 34.8 Å². The molecule has 0 spiro atoms. The van der Waals surface area contributed by atoms with Crippen LogP contribution in [0.4, 0.5) is 11.4 Å². The Balaban J connectivity index is 1.86. The Kier molecular flexibility index (Phi) is 7.49. The number of nitrogens with zero attached hydrogens (tertiary/aromatic N) is 4. The summed E-state index contributed by atoms with van der Waals surface area (Å²) in [6.45, 7) is 2.40. The van der Waals surface area contributed by atoms with Gasteiger partial charge in [-0.1, -0.05) is 58.7 Å². The highest BCUT2D eigenvalue weighted by Crippen LogP contribution is 2.31. The lowest BCUT2D eigenvalue weighted by atomic mass is 10.2. The van der Waals surface area contributed by atoms with Crippen molar-refractivity contribution in [1.82, 2.24) is 15.0 Å². The van der Waals surface area contributed by atoms with Crippen molar-refractivity contribution in [2.24, 2.45) is 0 Å². The van der Waals surface area contributed by atoms with Gasteiger partial charge in [-0.15, -0.1) is 5.10 Å². The molecule has 0 aliphatic carbocycles. The lowest BCUT2D eigenvalue weighted by Gasteiger charge is -2.14. The molecule has 2 N–H and O–H groups in total. The fraction of sp³-hybridized carbons (Fsp3) is 0.0833. The number of anilines is 2. The van der Waals surface area contributed by atoms with Gasteiger partial charge in [0.2, 0.25) is 5.82 Å². The van der Waals surface area contributed by atoms with Crippen LogP contribution in [0.15, 0.2) is 94.7 Å². The molecule has 178 valence electrons. The van der Waals surface area contributed by atoms with Gasteiger partial charge in [0.15, 0.2) is 5.03 Å². The Labute approximate surface area is 210 Å². The average Bonchev–Trinajstić information content (AvgIpc) is 3.29. The van der Waals surface area contributed by atoms with E-state index in [1.165, 1.54) is 4.68 Å². The van der Waals surface area contributed by atoms with E-state index >= 15 is 0 Å². The molecule has 11 heteroatoms. The third-order valence-electron chi connectivity index (χ3n) is 4.83. The number of fused-ring (bicyclic) bond motifs is 1. The fourth-order valence-corrected chi connectivity index (χ4v) is 3.67. The summed E-state index contributed by atoms with van der Waals surface area (Å²) >= 11 is 12.9. The monoisotopic (exact) mass is 510 g/mol. The molecule has 0 aliphatic rings. The van der Waals surface area contributed by atoms with Gasteiger partial charge in [-0.05, 0) is 55.5 Å². The van der Waals surface area contributed by atoms with Gasteiger partial charge in [-0.25, -0.2) is 0 Å². The maximum absolute atomic E-state index is 12.3. The third-order valence-corrected chi connectivity index (χ3v) is 5.58. The molecule has 4 rings (SSSR count). The van der Waals surface area contributed by atoms with Gasteiger partial charge in [0.25, 0.3) is 0 Å². The number of halogens is 2.